The lowest BCUT2D eigenvalue weighted by Crippen LogP contribution is -2.55. The summed E-state index contributed by atoms with van der Waals surface area (Å²) in [6, 6.07) is 11.7. The minimum atomic E-state index is -1.03. The molecule has 0 bridgehead atoms. The average Bonchev–Trinajstić information content (AvgIpc) is 3.44. The number of benzene rings is 2. The second-order valence-corrected chi connectivity index (χ2v) is 10.7. The number of likely N-dealkylation sites (N-methyl/N-ethyl adjacent to an activating group) is 1. The molecule has 0 aliphatic carbocycles. The average molecular weight is 534 g/mol. The van der Waals surface area contributed by atoms with Gasteiger partial charge in [-0.25, -0.2) is 4.39 Å². The van der Waals surface area contributed by atoms with E-state index in [4.69, 9.17) is 0 Å². The number of anilines is 1. The molecule has 2 aromatic rings. The van der Waals surface area contributed by atoms with Crippen molar-refractivity contribution in [3.05, 3.63) is 65.5 Å². The van der Waals surface area contributed by atoms with E-state index in [1.807, 2.05) is 32.0 Å². The Balaban J connectivity index is 1.55. The van der Waals surface area contributed by atoms with Crippen molar-refractivity contribution in [1.82, 2.24) is 15.1 Å². The molecule has 0 radical (unpaired) electrons. The van der Waals surface area contributed by atoms with Crippen molar-refractivity contribution in [2.24, 2.45) is 5.92 Å². The standard InChI is InChI=1S/C29H32FN5O4/c1-17(2)13-24(34(4)26(37)18(3)32-25(36)19-9-11-20(30)12-10-19)27(38)35-16-29(14-21(35)15-31)22-7-5-6-8-23(22)33-28(29)39/h5-12,17-18,21,24H,13-14,16H2,1-4H3,(H,32,36)(H,33,39)/t18-,21-,24-,29-/m0/s1. The van der Waals surface area contributed by atoms with Crippen LogP contribution in [0.3, 0.4) is 0 Å². The van der Waals surface area contributed by atoms with Gasteiger partial charge in [0.15, 0.2) is 0 Å². The van der Waals surface area contributed by atoms with Crippen LogP contribution in [0.25, 0.3) is 0 Å². The molecule has 39 heavy (non-hydrogen) atoms. The number of fused-ring (bicyclic) bond motifs is 2. The number of hydrogen-bond acceptors (Lipinski definition) is 5. The largest absolute Gasteiger partial charge is 0.341 e. The predicted octanol–water partition coefficient (Wildman–Crippen LogP) is 2.83. The summed E-state index contributed by atoms with van der Waals surface area (Å²) < 4.78 is 13.2. The molecule has 4 rings (SSSR count). The fourth-order valence-electron chi connectivity index (χ4n) is 5.45. The minimum absolute atomic E-state index is 0.0282. The third kappa shape index (κ3) is 5.21. The summed E-state index contributed by atoms with van der Waals surface area (Å²) >= 11 is 0. The van der Waals surface area contributed by atoms with E-state index in [1.165, 1.54) is 35.9 Å². The lowest BCUT2D eigenvalue weighted by molar-refractivity contribution is -0.146. The number of rotatable bonds is 7. The number of para-hydroxylation sites is 1. The second-order valence-electron chi connectivity index (χ2n) is 10.7. The zero-order chi connectivity index (χ0) is 28.5. The normalized spacial score (nSPS) is 21.2. The van der Waals surface area contributed by atoms with Crippen LogP contribution in [0.5, 0.6) is 0 Å². The van der Waals surface area contributed by atoms with Crippen LogP contribution in [-0.4, -0.2) is 65.1 Å². The van der Waals surface area contributed by atoms with Gasteiger partial charge in [0, 0.05) is 31.3 Å². The zero-order valence-electron chi connectivity index (χ0n) is 22.4. The van der Waals surface area contributed by atoms with Gasteiger partial charge in [0.1, 0.15) is 23.9 Å². The van der Waals surface area contributed by atoms with Crippen LogP contribution in [0.4, 0.5) is 10.1 Å². The van der Waals surface area contributed by atoms with Crippen LogP contribution in [-0.2, 0) is 19.8 Å². The molecule has 0 saturated carbocycles. The van der Waals surface area contributed by atoms with Gasteiger partial charge >= 0.3 is 0 Å². The van der Waals surface area contributed by atoms with E-state index in [0.717, 1.165) is 17.7 Å². The van der Waals surface area contributed by atoms with Crippen molar-refractivity contribution in [3.8, 4) is 6.07 Å². The van der Waals surface area contributed by atoms with E-state index in [-0.39, 0.29) is 30.4 Å². The molecular weight excluding hydrogens is 501 g/mol. The van der Waals surface area contributed by atoms with Gasteiger partial charge in [0.05, 0.1) is 11.5 Å². The van der Waals surface area contributed by atoms with Crippen molar-refractivity contribution < 1.29 is 23.6 Å². The van der Waals surface area contributed by atoms with E-state index in [1.54, 1.807) is 6.07 Å². The molecule has 2 aliphatic rings. The summed E-state index contributed by atoms with van der Waals surface area (Å²) in [4.78, 5) is 55.8. The van der Waals surface area contributed by atoms with Crippen molar-refractivity contribution in [3.63, 3.8) is 0 Å². The van der Waals surface area contributed by atoms with E-state index < -0.39 is 47.1 Å². The second kappa shape index (κ2) is 10.8. The summed E-state index contributed by atoms with van der Waals surface area (Å²) in [6.07, 6.45) is 0.485. The third-order valence-electron chi connectivity index (χ3n) is 7.54. The molecule has 2 N–H and O–H groups in total. The first-order chi connectivity index (χ1) is 18.5. The van der Waals surface area contributed by atoms with Gasteiger partial charge in [-0.15, -0.1) is 0 Å². The molecule has 4 amide bonds. The number of carbonyl (C=O) groups excluding carboxylic acids is 4. The molecule has 2 aliphatic heterocycles. The van der Waals surface area contributed by atoms with Crippen LogP contribution >= 0.6 is 0 Å². The van der Waals surface area contributed by atoms with E-state index in [0.29, 0.717) is 12.1 Å². The Morgan fingerprint density at radius 1 is 1.18 bits per heavy atom. The number of likely N-dealkylation sites (tertiary alicyclic amines) is 1. The third-order valence-corrected chi connectivity index (χ3v) is 7.54. The molecule has 9 nitrogen and oxygen atoms in total. The lowest BCUT2D eigenvalue weighted by Gasteiger charge is -2.34. The number of amides is 4. The van der Waals surface area contributed by atoms with E-state index >= 15 is 0 Å². The summed E-state index contributed by atoms with van der Waals surface area (Å²) in [7, 11) is 1.50. The fraction of sp³-hybridized carbons (Fsp3) is 0.414. The summed E-state index contributed by atoms with van der Waals surface area (Å²) in [5, 5.41) is 15.4. The van der Waals surface area contributed by atoms with Crippen LogP contribution in [0.2, 0.25) is 0 Å². The highest BCUT2D eigenvalue weighted by Gasteiger charge is 2.56. The maximum absolute atomic E-state index is 14.0. The number of nitrogens with one attached hydrogen (secondary N) is 2. The molecule has 0 unspecified atom stereocenters. The Morgan fingerprint density at radius 2 is 1.85 bits per heavy atom. The highest BCUT2D eigenvalue weighted by Crippen LogP contribution is 2.46. The maximum Gasteiger partial charge on any atom is 0.251 e. The van der Waals surface area contributed by atoms with Crippen molar-refractivity contribution >= 4 is 29.3 Å². The number of hydrogen-bond donors (Lipinski definition) is 2. The van der Waals surface area contributed by atoms with Gasteiger partial charge < -0.3 is 20.4 Å². The minimum Gasteiger partial charge on any atom is -0.341 e. The molecule has 1 fully saturated rings. The molecule has 0 aromatic heterocycles. The SMILES string of the molecule is CC(C)C[C@@H](C(=O)N1C[C@]2(C[C@H]1C#N)C(=O)Nc1ccccc12)N(C)C(=O)[C@H](C)NC(=O)c1ccc(F)cc1. The molecule has 2 aromatic carbocycles. The first kappa shape index (κ1) is 27.8. The van der Waals surface area contributed by atoms with Gasteiger partial charge in [-0.05, 0) is 55.2 Å². The molecule has 1 spiro atoms. The Kier molecular flexibility index (Phi) is 7.72. The quantitative estimate of drug-likeness (QED) is 0.567. The van der Waals surface area contributed by atoms with Crippen LogP contribution in [0.1, 0.15) is 49.5 Å². The first-order valence-electron chi connectivity index (χ1n) is 12.9. The lowest BCUT2D eigenvalue weighted by atomic mass is 9.80. The monoisotopic (exact) mass is 533 g/mol. The first-order valence-corrected chi connectivity index (χ1v) is 12.9. The summed E-state index contributed by atoms with van der Waals surface area (Å²) in [6.45, 7) is 5.39. The Morgan fingerprint density at radius 3 is 2.49 bits per heavy atom. The molecule has 4 atom stereocenters. The van der Waals surface area contributed by atoms with Gasteiger partial charge in [0.25, 0.3) is 5.91 Å². The van der Waals surface area contributed by atoms with Crippen LogP contribution in [0, 0.1) is 23.1 Å². The van der Waals surface area contributed by atoms with Crippen molar-refractivity contribution in [1.29, 1.82) is 5.26 Å². The number of nitrogens with zero attached hydrogens (tertiary/aromatic N) is 3. The molecule has 10 heteroatoms. The van der Waals surface area contributed by atoms with E-state index in [9.17, 15) is 28.8 Å². The van der Waals surface area contributed by atoms with Crippen molar-refractivity contribution in [2.45, 2.75) is 57.2 Å². The summed E-state index contributed by atoms with van der Waals surface area (Å²) in [5.41, 5.74) is 0.592. The van der Waals surface area contributed by atoms with Crippen LogP contribution in [0.15, 0.2) is 48.5 Å². The molecule has 204 valence electrons. The van der Waals surface area contributed by atoms with Gasteiger partial charge in [-0.2, -0.15) is 5.26 Å². The highest BCUT2D eigenvalue weighted by molar-refractivity contribution is 6.07. The number of carbonyl (C=O) groups is 4. The van der Waals surface area contributed by atoms with Gasteiger partial charge in [-0.1, -0.05) is 32.0 Å². The topological polar surface area (TPSA) is 123 Å². The number of halogens is 1. The smallest absolute Gasteiger partial charge is 0.251 e. The van der Waals surface area contributed by atoms with Crippen LogP contribution < -0.4 is 10.6 Å². The Labute approximate surface area is 227 Å². The Hall–Kier alpha value is -4.26. The van der Waals surface area contributed by atoms with Gasteiger partial charge in [0.2, 0.25) is 17.7 Å². The summed E-state index contributed by atoms with van der Waals surface area (Å²) in [5.74, 6) is -2.16. The van der Waals surface area contributed by atoms with Crippen molar-refractivity contribution in [2.75, 3.05) is 18.9 Å². The number of nitriles is 1. The fourth-order valence-corrected chi connectivity index (χ4v) is 5.45. The predicted molar refractivity (Wildman–Crippen MR) is 142 cm³/mol. The zero-order valence-corrected chi connectivity index (χ0v) is 22.4. The van der Waals surface area contributed by atoms with Gasteiger partial charge in [-0.3, -0.25) is 19.2 Å². The molecule has 2 heterocycles. The maximum atomic E-state index is 14.0. The van der Waals surface area contributed by atoms with E-state index in [2.05, 4.69) is 16.7 Å². The molecule has 1 saturated heterocycles. The Bertz CT molecular complexity index is 1340. The molecular formula is C29H32FN5O4. The highest BCUT2D eigenvalue weighted by atomic mass is 19.1.